The summed E-state index contributed by atoms with van der Waals surface area (Å²) in [6.45, 7) is 3.35. The molecule has 6 nitrogen and oxygen atoms in total. The Balaban J connectivity index is 1.80. The maximum Gasteiger partial charge on any atom is 0.271 e. The lowest BCUT2D eigenvalue weighted by atomic mass is 9.89. The Kier molecular flexibility index (Phi) is 6.64. The van der Waals surface area contributed by atoms with Gasteiger partial charge in [-0.15, -0.1) is 0 Å². The van der Waals surface area contributed by atoms with Gasteiger partial charge in [0.25, 0.3) is 5.56 Å². The molecular formula is C29H26BrN3O3S. The summed E-state index contributed by atoms with van der Waals surface area (Å²) in [5.41, 5.74) is 3.63. The van der Waals surface area contributed by atoms with E-state index in [0.717, 1.165) is 32.1 Å². The number of thiazole rings is 1. The van der Waals surface area contributed by atoms with Gasteiger partial charge >= 0.3 is 0 Å². The molecule has 0 spiro atoms. The predicted molar refractivity (Wildman–Crippen MR) is 153 cm³/mol. The number of rotatable bonds is 5. The first-order chi connectivity index (χ1) is 17.7. The third-order valence-corrected chi connectivity index (χ3v) is 8.19. The fraction of sp³-hybridized carbons (Fsp3) is 0.207. The van der Waals surface area contributed by atoms with Gasteiger partial charge in [0, 0.05) is 35.4 Å². The summed E-state index contributed by atoms with van der Waals surface area (Å²) in [5.74, 6) is 0.494. The summed E-state index contributed by atoms with van der Waals surface area (Å²) >= 11 is 4.95. The molecule has 37 heavy (non-hydrogen) atoms. The van der Waals surface area contributed by atoms with Gasteiger partial charge in [-0.2, -0.15) is 0 Å². The number of hydrogen-bond acceptors (Lipinski definition) is 6. The van der Waals surface area contributed by atoms with Crippen molar-refractivity contribution in [1.29, 1.82) is 0 Å². The Morgan fingerprint density at radius 2 is 1.92 bits per heavy atom. The minimum absolute atomic E-state index is 0.126. The first-order valence-corrected chi connectivity index (χ1v) is 13.4. The predicted octanol–water partition coefficient (Wildman–Crippen LogP) is 4.81. The molecule has 3 aromatic carbocycles. The van der Waals surface area contributed by atoms with Crippen LogP contribution in [0, 0.1) is 0 Å². The Morgan fingerprint density at radius 3 is 2.59 bits per heavy atom. The molecule has 5 rings (SSSR count). The molecule has 0 fully saturated rings. The topological polar surface area (TPSA) is 63.9 Å². The van der Waals surface area contributed by atoms with Crippen molar-refractivity contribution < 1.29 is 9.53 Å². The Hall–Kier alpha value is -3.49. The molecule has 1 atom stereocenters. The number of ether oxygens (including phenoxy) is 1. The molecule has 2 heterocycles. The average Bonchev–Trinajstić information content (AvgIpc) is 3.16. The zero-order valence-corrected chi connectivity index (χ0v) is 23.6. The second-order valence-corrected chi connectivity index (χ2v) is 11.0. The van der Waals surface area contributed by atoms with Crippen LogP contribution in [0.3, 0.4) is 0 Å². The molecule has 0 N–H and O–H groups in total. The third-order valence-electron chi connectivity index (χ3n) is 6.58. The summed E-state index contributed by atoms with van der Waals surface area (Å²) in [5, 5.41) is 1.93. The molecule has 0 amide bonds. The van der Waals surface area contributed by atoms with E-state index in [1.807, 2.05) is 86.6 Å². The van der Waals surface area contributed by atoms with E-state index in [1.165, 1.54) is 18.3 Å². The van der Waals surface area contributed by atoms with E-state index in [0.29, 0.717) is 26.4 Å². The van der Waals surface area contributed by atoms with Gasteiger partial charge in [-0.1, -0.05) is 47.7 Å². The summed E-state index contributed by atoms with van der Waals surface area (Å²) < 4.78 is 8.91. The monoisotopic (exact) mass is 575 g/mol. The number of anilines is 1. The SMILES string of the molecule is COc1ccc2ccccc2c1C1C(C(C)=O)=C(C)N=c2s/c(=C/c3ccc(N(C)C)c(Br)c3)c(=O)n21. The van der Waals surface area contributed by atoms with Crippen LogP contribution in [-0.4, -0.2) is 31.6 Å². The molecule has 8 heteroatoms. The van der Waals surface area contributed by atoms with Crippen molar-refractivity contribution in [3.05, 3.63) is 101 Å². The number of nitrogens with zero attached hydrogens (tertiary/aromatic N) is 3. The van der Waals surface area contributed by atoms with Gasteiger partial charge in [0.2, 0.25) is 0 Å². The number of benzene rings is 3. The van der Waals surface area contributed by atoms with Crippen molar-refractivity contribution in [2.75, 3.05) is 26.1 Å². The minimum atomic E-state index is -0.653. The molecule has 1 aliphatic rings. The van der Waals surface area contributed by atoms with Gasteiger partial charge in [0.15, 0.2) is 10.6 Å². The quantitative estimate of drug-likeness (QED) is 0.342. The highest BCUT2D eigenvalue weighted by atomic mass is 79.9. The number of halogens is 1. The van der Waals surface area contributed by atoms with E-state index >= 15 is 0 Å². The fourth-order valence-corrected chi connectivity index (χ4v) is 6.70. The number of carbonyl (C=O) groups excluding carboxylic acids is 1. The van der Waals surface area contributed by atoms with E-state index < -0.39 is 6.04 Å². The number of carbonyl (C=O) groups is 1. The summed E-state index contributed by atoms with van der Waals surface area (Å²) in [6, 6.07) is 17.1. The fourth-order valence-electron chi connectivity index (χ4n) is 4.91. The standard InChI is InChI=1S/C29H26BrN3O3S/c1-16-25(17(2)34)27(26-20-9-7-6-8-19(20)11-13-23(26)36-5)33-28(35)24(37-29(33)31-16)15-18-10-12-22(32(3)4)21(30)14-18/h6-15,27H,1-5H3/b24-15+. The second kappa shape index (κ2) is 9.76. The Labute approximate surface area is 227 Å². The first kappa shape index (κ1) is 25.2. The molecule has 0 radical (unpaired) electrons. The van der Waals surface area contributed by atoms with Crippen LogP contribution in [-0.2, 0) is 4.79 Å². The van der Waals surface area contributed by atoms with E-state index in [2.05, 4.69) is 15.9 Å². The number of Topliss-reactive ketones (excluding diaryl/α,β-unsaturated/α-hetero) is 1. The van der Waals surface area contributed by atoms with Gasteiger partial charge in [-0.3, -0.25) is 14.2 Å². The highest BCUT2D eigenvalue weighted by Gasteiger charge is 2.33. The number of aromatic nitrogens is 1. The van der Waals surface area contributed by atoms with Gasteiger partial charge in [-0.25, -0.2) is 4.99 Å². The summed E-state index contributed by atoms with van der Waals surface area (Å²) in [6.07, 6.45) is 1.87. The molecule has 0 aliphatic carbocycles. The number of hydrogen-bond donors (Lipinski definition) is 0. The third kappa shape index (κ3) is 4.34. The zero-order valence-electron chi connectivity index (χ0n) is 21.2. The number of fused-ring (bicyclic) bond motifs is 2. The molecule has 188 valence electrons. The molecule has 4 aromatic rings. The van der Waals surface area contributed by atoms with Crippen molar-refractivity contribution in [1.82, 2.24) is 4.57 Å². The largest absolute Gasteiger partial charge is 0.496 e. The van der Waals surface area contributed by atoms with Crippen LogP contribution in [0.5, 0.6) is 5.75 Å². The highest BCUT2D eigenvalue weighted by Crippen LogP contribution is 2.40. The molecule has 0 bridgehead atoms. The number of methoxy groups -OCH3 is 1. The number of allylic oxidation sites excluding steroid dienone is 2. The Bertz CT molecular complexity index is 1780. The summed E-state index contributed by atoms with van der Waals surface area (Å²) in [4.78, 5) is 34.2. The molecular weight excluding hydrogens is 550 g/mol. The van der Waals surface area contributed by atoms with E-state index in [1.54, 1.807) is 11.7 Å². The molecule has 0 saturated carbocycles. The maximum atomic E-state index is 14.0. The zero-order chi connectivity index (χ0) is 26.4. The van der Waals surface area contributed by atoms with Crippen molar-refractivity contribution >= 4 is 55.6 Å². The second-order valence-electron chi connectivity index (χ2n) is 9.15. The van der Waals surface area contributed by atoms with Crippen LogP contribution < -0.4 is 24.5 Å². The van der Waals surface area contributed by atoms with E-state index in [4.69, 9.17) is 9.73 Å². The average molecular weight is 577 g/mol. The first-order valence-electron chi connectivity index (χ1n) is 11.8. The van der Waals surface area contributed by atoms with Gasteiger partial charge < -0.3 is 9.64 Å². The van der Waals surface area contributed by atoms with Crippen LogP contribution in [0.25, 0.3) is 16.8 Å². The van der Waals surface area contributed by atoms with Crippen LogP contribution in [0.15, 0.2) is 80.1 Å². The lowest BCUT2D eigenvalue weighted by Gasteiger charge is -2.27. The molecule has 0 saturated heterocycles. The number of ketones is 1. The van der Waals surface area contributed by atoms with Crippen LogP contribution in [0.1, 0.15) is 31.0 Å². The highest BCUT2D eigenvalue weighted by molar-refractivity contribution is 9.10. The van der Waals surface area contributed by atoms with E-state index in [-0.39, 0.29) is 11.3 Å². The van der Waals surface area contributed by atoms with Gasteiger partial charge in [0.05, 0.1) is 23.4 Å². The van der Waals surface area contributed by atoms with Crippen molar-refractivity contribution in [2.45, 2.75) is 19.9 Å². The molecule has 1 aliphatic heterocycles. The lowest BCUT2D eigenvalue weighted by Crippen LogP contribution is -2.39. The van der Waals surface area contributed by atoms with Crippen molar-refractivity contribution in [3.8, 4) is 5.75 Å². The van der Waals surface area contributed by atoms with Crippen LogP contribution in [0.2, 0.25) is 0 Å². The van der Waals surface area contributed by atoms with Gasteiger partial charge in [-0.05, 0) is 70.4 Å². The Morgan fingerprint density at radius 1 is 1.16 bits per heavy atom. The molecule has 1 aromatic heterocycles. The maximum absolute atomic E-state index is 14.0. The van der Waals surface area contributed by atoms with Gasteiger partial charge in [0.1, 0.15) is 5.75 Å². The van der Waals surface area contributed by atoms with E-state index in [9.17, 15) is 9.59 Å². The lowest BCUT2D eigenvalue weighted by molar-refractivity contribution is -0.114. The minimum Gasteiger partial charge on any atom is -0.496 e. The van der Waals surface area contributed by atoms with Crippen molar-refractivity contribution in [3.63, 3.8) is 0 Å². The molecule has 1 unspecified atom stereocenters. The van der Waals surface area contributed by atoms with Crippen molar-refractivity contribution in [2.24, 2.45) is 4.99 Å². The normalized spacial score (nSPS) is 15.5. The smallest absolute Gasteiger partial charge is 0.271 e. The van der Waals surface area contributed by atoms with Crippen LogP contribution in [0.4, 0.5) is 5.69 Å². The van der Waals surface area contributed by atoms with Crippen LogP contribution >= 0.6 is 27.3 Å². The summed E-state index contributed by atoms with van der Waals surface area (Å²) in [7, 11) is 5.57.